The average molecular weight is 319 g/mol. The first-order chi connectivity index (χ1) is 9.79. The van der Waals surface area contributed by atoms with E-state index in [-0.39, 0.29) is 0 Å². The summed E-state index contributed by atoms with van der Waals surface area (Å²) >= 11 is 0. The van der Waals surface area contributed by atoms with Gasteiger partial charge in [-0.25, -0.2) is 0 Å². The monoisotopic (exact) mass is 318 g/mol. The Labute approximate surface area is 134 Å². The quantitative estimate of drug-likeness (QED) is 0.720. The second-order valence-electron chi connectivity index (χ2n) is 7.85. The summed E-state index contributed by atoms with van der Waals surface area (Å²) < 4.78 is 6.71. The summed E-state index contributed by atoms with van der Waals surface area (Å²) in [5, 5.41) is 1.82. The second kappa shape index (κ2) is 6.80. The lowest BCUT2D eigenvalue weighted by Gasteiger charge is -2.40. The molecule has 1 fully saturated rings. The van der Waals surface area contributed by atoms with Gasteiger partial charge in [0.15, 0.2) is 8.32 Å². The number of hydrogen-bond acceptors (Lipinski definition) is 1. The fourth-order valence-corrected chi connectivity index (χ4v) is 5.57. The molecule has 0 N–H and O–H groups in total. The van der Waals surface area contributed by atoms with E-state index in [0.717, 1.165) is 15.4 Å². The molecule has 0 bridgehead atoms. The highest BCUT2D eigenvalue weighted by Gasteiger charge is 2.41. The summed E-state index contributed by atoms with van der Waals surface area (Å²) in [5.74, 6) is 0.776. The minimum Gasteiger partial charge on any atom is -0.414 e. The van der Waals surface area contributed by atoms with Crippen molar-refractivity contribution in [3.8, 4) is 0 Å². The van der Waals surface area contributed by atoms with Crippen LogP contribution in [-0.2, 0) is 4.43 Å². The van der Waals surface area contributed by atoms with Crippen LogP contribution in [0.1, 0.15) is 40.0 Å². The van der Waals surface area contributed by atoms with Gasteiger partial charge in [-0.1, -0.05) is 68.8 Å². The van der Waals surface area contributed by atoms with E-state index in [2.05, 4.69) is 64.2 Å². The Morgan fingerprint density at radius 1 is 1.14 bits per heavy atom. The molecule has 1 aromatic rings. The second-order valence-corrected chi connectivity index (χ2v) is 13.9. The maximum absolute atomic E-state index is 6.71. The molecule has 21 heavy (non-hydrogen) atoms. The van der Waals surface area contributed by atoms with E-state index in [1.807, 2.05) is 0 Å². The van der Waals surface area contributed by atoms with Gasteiger partial charge in [0, 0.05) is 6.10 Å². The lowest BCUT2D eigenvalue weighted by Crippen LogP contribution is -2.45. The largest absolute Gasteiger partial charge is 0.414 e. The highest BCUT2D eigenvalue weighted by atomic mass is 28.4. The minimum absolute atomic E-state index is 0.321. The standard InChI is InChI=1S/C18H30OSi2/c1-18(2,3)21(4,5)19-17-13-9-10-15(17)14-20-16-11-7-6-8-12-16/h6-8,11-12,15,17H,9-10,13-14H2,1-5H3/t15-,17-/m1/s1. The SMILES string of the molecule is CC(C)(C)[Si](C)(C)O[C@@H]1CCC[C@@H]1C[Si]c1ccccc1. The Morgan fingerprint density at radius 3 is 2.43 bits per heavy atom. The summed E-state index contributed by atoms with van der Waals surface area (Å²) in [4.78, 5) is 0. The van der Waals surface area contributed by atoms with Crippen LogP contribution in [0.4, 0.5) is 0 Å². The molecule has 1 aliphatic carbocycles. The van der Waals surface area contributed by atoms with E-state index in [1.54, 1.807) is 0 Å². The van der Waals surface area contributed by atoms with Crippen molar-refractivity contribution in [1.82, 2.24) is 0 Å². The first kappa shape index (κ1) is 17.0. The maximum atomic E-state index is 6.71. The van der Waals surface area contributed by atoms with E-state index >= 15 is 0 Å². The molecule has 2 radical (unpaired) electrons. The number of benzene rings is 1. The third-order valence-electron chi connectivity index (χ3n) is 5.18. The van der Waals surface area contributed by atoms with Crippen molar-refractivity contribution < 1.29 is 4.43 Å². The molecular formula is C18H30OSi2. The third-order valence-corrected chi connectivity index (χ3v) is 11.2. The van der Waals surface area contributed by atoms with Crippen LogP contribution in [0, 0.1) is 5.92 Å². The van der Waals surface area contributed by atoms with E-state index < -0.39 is 8.32 Å². The highest BCUT2D eigenvalue weighted by molar-refractivity contribution is 6.74. The van der Waals surface area contributed by atoms with Crippen LogP contribution >= 0.6 is 0 Å². The lowest BCUT2D eigenvalue weighted by molar-refractivity contribution is 0.149. The van der Waals surface area contributed by atoms with Crippen molar-refractivity contribution in [3.05, 3.63) is 30.3 Å². The summed E-state index contributed by atoms with van der Waals surface area (Å²) in [6.45, 7) is 11.8. The van der Waals surface area contributed by atoms with Crippen molar-refractivity contribution >= 4 is 23.0 Å². The molecule has 0 aromatic heterocycles. The van der Waals surface area contributed by atoms with E-state index in [0.29, 0.717) is 11.1 Å². The maximum Gasteiger partial charge on any atom is 0.192 e. The van der Waals surface area contributed by atoms with Gasteiger partial charge in [-0.2, -0.15) is 0 Å². The summed E-state index contributed by atoms with van der Waals surface area (Å²) in [6, 6.07) is 12.2. The topological polar surface area (TPSA) is 9.23 Å². The minimum atomic E-state index is -1.62. The zero-order valence-corrected chi connectivity index (χ0v) is 16.3. The van der Waals surface area contributed by atoms with Gasteiger partial charge in [0.25, 0.3) is 0 Å². The number of rotatable bonds is 5. The van der Waals surface area contributed by atoms with Gasteiger partial charge in [-0.3, -0.25) is 0 Å². The number of hydrogen-bond donors (Lipinski definition) is 0. The van der Waals surface area contributed by atoms with E-state index in [9.17, 15) is 0 Å². The Morgan fingerprint density at radius 2 is 1.81 bits per heavy atom. The molecule has 2 atom stereocenters. The molecule has 0 amide bonds. The van der Waals surface area contributed by atoms with Crippen molar-refractivity contribution in [1.29, 1.82) is 0 Å². The van der Waals surface area contributed by atoms with Crippen LogP contribution in [-0.4, -0.2) is 23.9 Å². The third kappa shape index (κ3) is 4.54. The molecule has 0 saturated heterocycles. The van der Waals surface area contributed by atoms with E-state index in [1.165, 1.54) is 30.5 Å². The zero-order chi connectivity index (χ0) is 15.5. The fraction of sp³-hybridized carbons (Fsp3) is 0.667. The fourth-order valence-electron chi connectivity index (χ4n) is 2.75. The van der Waals surface area contributed by atoms with Gasteiger partial charge in [0.2, 0.25) is 0 Å². The molecule has 3 heteroatoms. The van der Waals surface area contributed by atoms with Crippen molar-refractivity contribution in [3.63, 3.8) is 0 Å². The molecule has 1 aliphatic rings. The Kier molecular flexibility index (Phi) is 5.50. The molecule has 0 heterocycles. The Hall–Kier alpha value is -0.386. The smallest absolute Gasteiger partial charge is 0.192 e. The van der Waals surface area contributed by atoms with Gasteiger partial charge in [0.05, 0.1) is 9.52 Å². The first-order valence-electron chi connectivity index (χ1n) is 8.26. The predicted octanol–water partition coefficient (Wildman–Crippen LogP) is 4.62. The normalized spacial score (nSPS) is 23.5. The molecule has 1 aromatic carbocycles. The Balaban J connectivity index is 1.91. The lowest BCUT2D eigenvalue weighted by atomic mass is 10.1. The van der Waals surface area contributed by atoms with Gasteiger partial charge >= 0.3 is 0 Å². The van der Waals surface area contributed by atoms with Crippen LogP contribution < -0.4 is 5.19 Å². The molecule has 1 nitrogen and oxygen atoms in total. The molecule has 2 rings (SSSR count). The van der Waals surface area contributed by atoms with Crippen LogP contribution in [0.2, 0.25) is 24.2 Å². The predicted molar refractivity (Wildman–Crippen MR) is 96.0 cm³/mol. The Bertz CT molecular complexity index is 436. The first-order valence-corrected chi connectivity index (χ1v) is 12.4. The highest BCUT2D eigenvalue weighted by Crippen LogP contribution is 2.41. The van der Waals surface area contributed by atoms with Crippen molar-refractivity contribution in [2.24, 2.45) is 5.92 Å². The van der Waals surface area contributed by atoms with Crippen molar-refractivity contribution in [2.75, 3.05) is 0 Å². The average Bonchev–Trinajstić information content (AvgIpc) is 2.83. The van der Waals surface area contributed by atoms with Gasteiger partial charge < -0.3 is 4.43 Å². The zero-order valence-electron chi connectivity index (χ0n) is 14.3. The molecule has 0 aliphatic heterocycles. The van der Waals surface area contributed by atoms with Crippen molar-refractivity contribution in [2.45, 2.75) is 70.3 Å². The molecule has 0 spiro atoms. The van der Waals surface area contributed by atoms with Crippen LogP contribution in [0.15, 0.2) is 30.3 Å². The summed E-state index contributed by atoms with van der Waals surface area (Å²) in [7, 11) is -0.684. The van der Waals surface area contributed by atoms with Crippen LogP contribution in [0.5, 0.6) is 0 Å². The summed E-state index contributed by atoms with van der Waals surface area (Å²) in [5.41, 5.74) is 0. The van der Waals surface area contributed by atoms with Gasteiger partial charge in [0.1, 0.15) is 0 Å². The van der Waals surface area contributed by atoms with Crippen LogP contribution in [0.3, 0.4) is 0 Å². The van der Waals surface area contributed by atoms with E-state index in [4.69, 9.17) is 4.43 Å². The van der Waals surface area contributed by atoms with Crippen LogP contribution in [0.25, 0.3) is 0 Å². The van der Waals surface area contributed by atoms with Gasteiger partial charge in [-0.15, -0.1) is 0 Å². The molecule has 116 valence electrons. The molecule has 0 unspecified atom stereocenters. The molecule has 1 saturated carbocycles. The van der Waals surface area contributed by atoms with Gasteiger partial charge in [-0.05, 0) is 36.9 Å². The summed E-state index contributed by atoms with van der Waals surface area (Å²) in [6.07, 6.45) is 4.50. The molecular weight excluding hydrogens is 288 g/mol.